The number of hydrogen-bond donors (Lipinski definition) is 1. The van der Waals surface area contributed by atoms with Crippen molar-refractivity contribution in [1.29, 1.82) is 0 Å². The Labute approximate surface area is 86.8 Å². The van der Waals surface area contributed by atoms with Crippen LogP contribution < -0.4 is 5.32 Å². The minimum Gasteiger partial charge on any atom is -0.295 e. The second-order valence-corrected chi connectivity index (χ2v) is 3.61. The molecule has 1 heterocycles. The van der Waals surface area contributed by atoms with Crippen molar-refractivity contribution < 1.29 is 0 Å². The lowest BCUT2D eigenvalue weighted by molar-refractivity contribution is 0.513. The Morgan fingerprint density at radius 2 is 2.43 bits per heavy atom. The molecule has 0 aromatic rings. The van der Waals surface area contributed by atoms with Crippen molar-refractivity contribution in [3.8, 4) is 0 Å². The van der Waals surface area contributed by atoms with Crippen LogP contribution >= 0.6 is 0 Å². The topological polar surface area (TPSA) is 24.4 Å². The first kappa shape index (κ1) is 11.2. The molecule has 1 N–H and O–H groups in total. The Morgan fingerprint density at radius 3 is 2.93 bits per heavy atom. The van der Waals surface area contributed by atoms with Gasteiger partial charge in [0, 0.05) is 18.7 Å². The smallest absolute Gasteiger partial charge is 0.0962 e. The molecule has 0 spiro atoms. The molecule has 0 aromatic carbocycles. The van der Waals surface area contributed by atoms with E-state index in [1.54, 1.807) is 0 Å². The zero-order chi connectivity index (χ0) is 10.4. The van der Waals surface area contributed by atoms with Crippen molar-refractivity contribution in [2.75, 3.05) is 6.54 Å². The van der Waals surface area contributed by atoms with Gasteiger partial charge >= 0.3 is 0 Å². The van der Waals surface area contributed by atoms with E-state index in [0.29, 0.717) is 5.92 Å². The SMILES string of the molecule is C/C=C\C=C(/CC)C1C=NC(C)NC1. The highest BCUT2D eigenvalue weighted by Crippen LogP contribution is 2.15. The minimum absolute atomic E-state index is 0.283. The predicted molar refractivity (Wildman–Crippen MR) is 62.6 cm³/mol. The molecule has 1 aliphatic heterocycles. The average molecular weight is 192 g/mol. The van der Waals surface area contributed by atoms with E-state index in [1.807, 2.05) is 6.92 Å². The molecule has 1 rings (SSSR count). The number of aliphatic imine (C=N–C) groups is 1. The van der Waals surface area contributed by atoms with Gasteiger partial charge in [-0.05, 0) is 20.3 Å². The van der Waals surface area contributed by atoms with Gasteiger partial charge in [0.25, 0.3) is 0 Å². The molecule has 0 amide bonds. The third kappa shape index (κ3) is 3.11. The fourth-order valence-corrected chi connectivity index (χ4v) is 1.59. The summed E-state index contributed by atoms with van der Waals surface area (Å²) in [5, 5.41) is 3.36. The lowest BCUT2D eigenvalue weighted by atomic mass is 9.96. The second kappa shape index (κ2) is 5.76. The molecule has 1 aliphatic rings. The summed E-state index contributed by atoms with van der Waals surface area (Å²) in [6, 6.07) is 0. The van der Waals surface area contributed by atoms with Gasteiger partial charge in [0.1, 0.15) is 0 Å². The van der Waals surface area contributed by atoms with E-state index in [4.69, 9.17) is 0 Å². The minimum atomic E-state index is 0.283. The van der Waals surface area contributed by atoms with E-state index in [0.717, 1.165) is 13.0 Å². The first-order valence-corrected chi connectivity index (χ1v) is 5.36. The Hall–Kier alpha value is -0.890. The third-order valence-corrected chi connectivity index (χ3v) is 2.51. The van der Waals surface area contributed by atoms with Crippen molar-refractivity contribution in [3.63, 3.8) is 0 Å². The summed E-state index contributed by atoms with van der Waals surface area (Å²) in [7, 11) is 0. The molecule has 0 saturated carbocycles. The molecule has 2 atom stereocenters. The molecular formula is C12H20N2. The quantitative estimate of drug-likeness (QED) is 0.683. The first-order valence-electron chi connectivity index (χ1n) is 5.36. The van der Waals surface area contributed by atoms with Gasteiger partial charge in [0.2, 0.25) is 0 Å². The van der Waals surface area contributed by atoms with Gasteiger partial charge in [0.05, 0.1) is 6.17 Å². The largest absolute Gasteiger partial charge is 0.295 e. The van der Waals surface area contributed by atoms with E-state index >= 15 is 0 Å². The van der Waals surface area contributed by atoms with E-state index in [9.17, 15) is 0 Å². The maximum absolute atomic E-state index is 4.39. The van der Waals surface area contributed by atoms with Crippen LogP contribution in [-0.2, 0) is 0 Å². The standard InChI is InChI=1S/C12H20N2/c1-4-6-7-11(5-2)12-8-13-10(3)14-9-12/h4,6-8,10,12,14H,5,9H2,1-3H3/b6-4-,11-7+. The molecule has 2 nitrogen and oxygen atoms in total. The molecule has 0 saturated heterocycles. The van der Waals surface area contributed by atoms with Crippen LogP contribution in [0.25, 0.3) is 0 Å². The molecular weight excluding hydrogens is 172 g/mol. The van der Waals surface area contributed by atoms with Crippen molar-refractivity contribution in [2.24, 2.45) is 10.9 Å². The number of nitrogens with zero attached hydrogens (tertiary/aromatic N) is 1. The summed E-state index contributed by atoms with van der Waals surface area (Å²) in [5.41, 5.74) is 1.45. The van der Waals surface area contributed by atoms with Gasteiger partial charge in [-0.15, -0.1) is 0 Å². The van der Waals surface area contributed by atoms with Crippen LogP contribution in [0.5, 0.6) is 0 Å². The normalized spacial score (nSPS) is 28.6. The fourth-order valence-electron chi connectivity index (χ4n) is 1.59. The summed E-state index contributed by atoms with van der Waals surface area (Å²) in [6.45, 7) is 7.33. The first-order chi connectivity index (χ1) is 6.77. The van der Waals surface area contributed by atoms with Crippen LogP contribution in [0.4, 0.5) is 0 Å². The predicted octanol–water partition coefficient (Wildman–Crippen LogP) is 2.54. The summed E-state index contributed by atoms with van der Waals surface area (Å²) in [5.74, 6) is 0.479. The van der Waals surface area contributed by atoms with Gasteiger partial charge in [-0.1, -0.05) is 30.7 Å². The maximum Gasteiger partial charge on any atom is 0.0962 e. The molecule has 0 aliphatic carbocycles. The zero-order valence-electron chi connectivity index (χ0n) is 9.33. The third-order valence-electron chi connectivity index (χ3n) is 2.51. The van der Waals surface area contributed by atoms with Crippen LogP contribution in [0.1, 0.15) is 27.2 Å². The Kier molecular flexibility index (Phi) is 4.60. The van der Waals surface area contributed by atoms with Crippen molar-refractivity contribution in [3.05, 3.63) is 23.8 Å². The highest BCUT2D eigenvalue weighted by Gasteiger charge is 2.15. The van der Waals surface area contributed by atoms with Gasteiger partial charge < -0.3 is 0 Å². The molecule has 2 heteroatoms. The van der Waals surface area contributed by atoms with Crippen molar-refractivity contribution in [2.45, 2.75) is 33.4 Å². The lowest BCUT2D eigenvalue weighted by Gasteiger charge is -2.22. The van der Waals surface area contributed by atoms with Crippen molar-refractivity contribution in [1.82, 2.24) is 5.32 Å². The molecule has 0 radical (unpaired) electrons. The van der Waals surface area contributed by atoms with Crippen LogP contribution in [0.15, 0.2) is 28.8 Å². The van der Waals surface area contributed by atoms with Gasteiger partial charge in [-0.25, -0.2) is 0 Å². The van der Waals surface area contributed by atoms with Crippen LogP contribution in [0.2, 0.25) is 0 Å². The summed E-state index contributed by atoms with van der Waals surface area (Å²) < 4.78 is 0. The average Bonchev–Trinajstić information content (AvgIpc) is 2.21. The summed E-state index contributed by atoms with van der Waals surface area (Å²) in [6.07, 6.45) is 9.83. The number of hydrogen-bond acceptors (Lipinski definition) is 2. The highest BCUT2D eigenvalue weighted by atomic mass is 15.1. The Balaban J connectivity index is 2.66. The summed E-state index contributed by atoms with van der Waals surface area (Å²) in [4.78, 5) is 4.39. The maximum atomic E-state index is 4.39. The number of rotatable bonds is 3. The van der Waals surface area contributed by atoms with Gasteiger partial charge in [-0.3, -0.25) is 10.3 Å². The zero-order valence-corrected chi connectivity index (χ0v) is 9.33. The van der Waals surface area contributed by atoms with Gasteiger partial charge in [0.15, 0.2) is 0 Å². The van der Waals surface area contributed by atoms with Crippen LogP contribution in [0, 0.1) is 5.92 Å². The Bertz CT molecular complexity index is 251. The monoisotopic (exact) mass is 192 g/mol. The second-order valence-electron chi connectivity index (χ2n) is 3.61. The highest BCUT2D eigenvalue weighted by molar-refractivity contribution is 5.66. The van der Waals surface area contributed by atoms with Crippen LogP contribution in [0.3, 0.4) is 0 Å². The van der Waals surface area contributed by atoms with E-state index in [1.165, 1.54) is 5.57 Å². The fraction of sp³-hybridized carbons (Fsp3) is 0.583. The molecule has 0 bridgehead atoms. The summed E-state index contributed by atoms with van der Waals surface area (Å²) >= 11 is 0. The van der Waals surface area contributed by atoms with E-state index in [-0.39, 0.29) is 6.17 Å². The van der Waals surface area contributed by atoms with E-state index in [2.05, 4.69) is 48.6 Å². The number of allylic oxidation sites excluding steroid dienone is 3. The Morgan fingerprint density at radius 1 is 1.64 bits per heavy atom. The lowest BCUT2D eigenvalue weighted by Crippen LogP contribution is -2.36. The molecule has 0 aromatic heterocycles. The molecule has 14 heavy (non-hydrogen) atoms. The molecule has 78 valence electrons. The molecule has 0 fully saturated rings. The number of nitrogens with one attached hydrogen (secondary N) is 1. The molecule has 2 unspecified atom stereocenters. The van der Waals surface area contributed by atoms with Gasteiger partial charge in [-0.2, -0.15) is 0 Å². The van der Waals surface area contributed by atoms with Crippen LogP contribution in [-0.4, -0.2) is 18.9 Å². The van der Waals surface area contributed by atoms with Crippen molar-refractivity contribution >= 4 is 6.21 Å². The van der Waals surface area contributed by atoms with E-state index < -0.39 is 0 Å².